The van der Waals surface area contributed by atoms with E-state index in [9.17, 15) is 4.79 Å². The first-order chi connectivity index (χ1) is 9.95. The highest BCUT2D eigenvalue weighted by Crippen LogP contribution is 2.29. The maximum absolute atomic E-state index is 12.1. The number of carbonyl (C=O) groups excluding carboxylic acids is 1. The first kappa shape index (κ1) is 15.8. The summed E-state index contributed by atoms with van der Waals surface area (Å²) < 4.78 is 5.46. The molecule has 0 saturated heterocycles. The zero-order valence-electron chi connectivity index (χ0n) is 11.9. The lowest BCUT2D eigenvalue weighted by molar-refractivity contribution is -0.127. The van der Waals surface area contributed by atoms with Crippen molar-refractivity contribution in [2.45, 2.75) is 18.4 Å². The Balaban J connectivity index is 1.89. The first-order valence-electron chi connectivity index (χ1n) is 6.43. The molecule has 1 heterocycles. The molecule has 0 aliphatic carbocycles. The molecule has 21 heavy (non-hydrogen) atoms. The second-order valence-corrected chi connectivity index (χ2v) is 6.17. The van der Waals surface area contributed by atoms with E-state index in [0.29, 0.717) is 23.0 Å². The molecule has 0 bridgehead atoms. The van der Waals surface area contributed by atoms with E-state index in [1.165, 1.54) is 11.8 Å². The van der Waals surface area contributed by atoms with Crippen molar-refractivity contribution in [2.24, 2.45) is 0 Å². The van der Waals surface area contributed by atoms with Crippen molar-refractivity contribution in [2.75, 3.05) is 18.5 Å². The third-order valence-electron chi connectivity index (χ3n) is 2.92. The van der Waals surface area contributed by atoms with Gasteiger partial charge in [0.15, 0.2) is 0 Å². The minimum absolute atomic E-state index is 0.0157. The molecule has 1 amide bonds. The summed E-state index contributed by atoms with van der Waals surface area (Å²) in [5.41, 5.74) is 6.25. The number of hydrogen-bond acceptors (Lipinski definition) is 4. The van der Waals surface area contributed by atoms with Gasteiger partial charge in [-0.25, -0.2) is 0 Å². The summed E-state index contributed by atoms with van der Waals surface area (Å²) in [6.45, 7) is 2.34. The third kappa shape index (κ3) is 4.44. The fourth-order valence-corrected chi connectivity index (χ4v) is 2.99. The molecule has 0 atom stereocenters. The maximum Gasteiger partial charge on any atom is 0.233 e. The zero-order chi connectivity index (χ0) is 15.4. The van der Waals surface area contributed by atoms with Crippen LogP contribution in [-0.2, 0) is 11.3 Å². The number of amides is 1. The van der Waals surface area contributed by atoms with Crippen LogP contribution in [-0.4, -0.2) is 23.6 Å². The van der Waals surface area contributed by atoms with Crippen LogP contribution in [0.2, 0.25) is 5.02 Å². The maximum atomic E-state index is 12.1. The van der Waals surface area contributed by atoms with Crippen LogP contribution in [0.25, 0.3) is 0 Å². The van der Waals surface area contributed by atoms with Gasteiger partial charge in [-0.3, -0.25) is 4.79 Å². The van der Waals surface area contributed by atoms with Crippen molar-refractivity contribution in [1.82, 2.24) is 4.90 Å². The first-order valence-corrected chi connectivity index (χ1v) is 7.79. The number of benzene rings is 1. The molecule has 0 aliphatic heterocycles. The van der Waals surface area contributed by atoms with Crippen LogP contribution in [0.1, 0.15) is 11.5 Å². The van der Waals surface area contributed by atoms with Crippen molar-refractivity contribution in [3.8, 4) is 0 Å². The number of nitrogen functional groups attached to an aromatic ring is 1. The minimum Gasteiger partial charge on any atom is -0.464 e. The van der Waals surface area contributed by atoms with Crippen LogP contribution in [0.5, 0.6) is 0 Å². The summed E-state index contributed by atoms with van der Waals surface area (Å²) in [5, 5.41) is 0.567. The number of nitrogens with two attached hydrogens (primary N) is 1. The molecule has 112 valence electrons. The Morgan fingerprint density at radius 1 is 1.38 bits per heavy atom. The summed E-state index contributed by atoms with van der Waals surface area (Å²) in [4.78, 5) is 14.6. The number of anilines is 1. The van der Waals surface area contributed by atoms with E-state index in [0.717, 1.165) is 16.4 Å². The van der Waals surface area contributed by atoms with Gasteiger partial charge in [0.2, 0.25) is 5.91 Å². The third-order valence-corrected chi connectivity index (χ3v) is 4.40. The van der Waals surface area contributed by atoms with Gasteiger partial charge in [0.25, 0.3) is 0 Å². The Morgan fingerprint density at radius 3 is 2.76 bits per heavy atom. The highest BCUT2D eigenvalue weighted by molar-refractivity contribution is 8.00. The number of halogens is 1. The molecule has 0 unspecified atom stereocenters. The van der Waals surface area contributed by atoms with E-state index in [2.05, 4.69) is 0 Å². The molecule has 6 heteroatoms. The molecule has 0 fully saturated rings. The van der Waals surface area contributed by atoms with Crippen LogP contribution in [0.15, 0.2) is 39.6 Å². The molecule has 0 saturated carbocycles. The van der Waals surface area contributed by atoms with E-state index in [4.69, 9.17) is 21.8 Å². The van der Waals surface area contributed by atoms with Gasteiger partial charge in [-0.05, 0) is 37.3 Å². The lowest BCUT2D eigenvalue weighted by Gasteiger charge is -2.15. The molecular formula is C15H17ClN2O2S. The Hall–Kier alpha value is -1.59. The van der Waals surface area contributed by atoms with Crippen molar-refractivity contribution in [3.05, 3.63) is 46.9 Å². The average molecular weight is 325 g/mol. The largest absolute Gasteiger partial charge is 0.464 e. The van der Waals surface area contributed by atoms with E-state index in [1.54, 1.807) is 24.1 Å². The van der Waals surface area contributed by atoms with Gasteiger partial charge in [-0.15, -0.1) is 11.8 Å². The standard InChI is InChI=1S/C15H17ClN2O2S/c1-10-3-5-12(20-10)8-18(2)15(19)9-21-14-6-4-11(17)7-13(14)16/h3-7H,8-9,17H2,1-2H3. The zero-order valence-corrected chi connectivity index (χ0v) is 13.5. The Labute approximate surface area is 133 Å². The molecule has 1 aromatic heterocycles. The molecule has 2 rings (SSSR count). The molecule has 4 nitrogen and oxygen atoms in total. The second-order valence-electron chi connectivity index (χ2n) is 4.74. The van der Waals surface area contributed by atoms with Crippen LogP contribution < -0.4 is 5.73 Å². The normalized spacial score (nSPS) is 10.6. The Kier molecular flexibility index (Phi) is 5.20. The molecule has 0 aliphatic rings. The van der Waals surface area contributed by atoms with Gasteiger partial charge < -0.3 is 15.1 Å². The number of aryl methyl sites for hydroxylation is 1. The Bertz CT molecular complexity index is 642. The fraction of sp³-hybridized carbons (Fsp3) is 0.267. The average Bonchev–Trinajstić information content (AvgIpc) is 2.82. The van der Waals surface area contributed by atoms with Crippen molar-refractivity contribution >= 4 is 35.0 Å². The van der Waals surface area contributed by atoms with Gasteiger partial charge in [0.1, 0.15) is 11.5 Å². The molecule has 0 spiro atoms. The SMILES string of the molecule is Cc1ccc(CN(C)C(=O)CSc2ccc(N)cc2Cl)o1. The predicted molar refractivity (Wildman–Crippen MR) is 86.5 cm³/mol. The summed E-state index contributed by atoms with van der Waals surface area (Å²) >= 11 is 7.48. The van der Waals surface area contributed by atoms with Crippen LogP contribution >= 0.6 is 23.4 Å². The fourth-order valence-electron chi connectivity index (χ4n) is 1.78. The van der Waals surface area contributed by atoms with Gasteiger partial charge in [0, 0.05) is 17.6 Å². The molecule has 0 radical (unpaired) electrons. The molecule has 2 aromatic rings. The smallest absolute Gasteiger partial charge is 0.233 e. The topological polar surface area (TPSA) is 59.5 Å². The van der Waals surface area contributed by atoms with Crippen LogP contribution in [0, 0.1) is 6.92 Å². The van der Waals surface area contributed by atoms with Gasteiger partial charge in [-0.2, -0.15) is 0 Å². The van der Waals surface area contributed by atoms with E-state index < -0.39 is 0 Å². The van der Waals surface area contributed by atoms with E-state index >= 15 is 0 Å². The number of rotatable bonds is 5. The number of thioether (sulfide) groups is 1. The minimum atomic E-state index is 0.0157. The monoisotopic (exact) mass is 324 g/mol. The molecular weight excluding hydrogens is 308 g/mol. The Morgan fingerprint density at radius 2 is 2.14 bits per heavy atom. The van der Waals surface area contributed by atoms with Gasteiger partial charge in [0.05, 0.1) is 17.3 Å². The van der Waals surface area contributed by atoms with Gasteiger partial charge in [-0.1, -0.05) is 11.6 Å². The van der Waals surface area contributed by atoms with E-state index in [-0.39, 0.29) is 5.91 Å². The number of carbonyl (C=O) groups is 1. The number of hydrogen-bond donors (Lipinski definition) is 1. The molecule has 2 N–H and O–H groups in total. The summed E-state index contributed by atoms with van der Waals surface area (Å²) in [5.74, 6) is 1.95. The quantitative estimate of drug-likeness (QED) is 0.674. The van der Waals surface area contributed by atoms with Crippen LogP contribution in [0.3, 0.4) is 0 Å². The number of furan rings is 1. The predicted octanol–water partition coefficient (Wildman–Crippen LogP) is 3.57. The van der Waals surface area contributed by atoms with E-state index in [1.807, 2.05) is 25.1 Å². The van der Waals surface area contributed by atoms with Crippen molar-refractivity contribution in [1.29, 1.82) is 0 Å². The number of nitrogens with zero attached hydrogens (tertiary/aromatic N) is 1. The summed E-state index contributed by atoms with van der Waals surface area (Å²) in [7, 11) is 1.76. The summed E-state index contributed by atoms with van der Waals surface area (Å²) in [6.07, 6.45) is 0. The van der Waals surface area contributed by atoms with Crippen LogP contribution in [0.4, 0.5) is 5.69 Å². The van der Waals surface area contributed by atoms with Crippen molar-refractivity contribution < 1.29 is 9.21 Å². The van der Waals surface area contributed by atoms with Gasteiger partial charge >= 0.3 is 0 Å². The highest BCUT2D eigenvalue weighted by atomic mass is 35.5. The highest BCUT2D eigenvalue weighted by Gasteiger charge is 2.12. The lowest BCUT2D eigenvalue weighted by atomic mass is 10.3. The lowest BCUT2D eigenvalue weighted by Crippen LogP contribution is -2.27. The van der Waals surface area contributed by atoms with Crippen molar-refractivity contribution in [3.63, 3.8) is 0 Å². The molecule has 1 aromatic carbocycles. The summed E-state index contributed by atoms with van der Waals surface area (Å²) in [6, 6.07) is 9.04. The second kappa shape index (κ2) is 6.91.